The summed E-state index contributed by atoms with van der Waals surface area (Å²) in [6.07, 6.45) is 3.07. The molecule has 0 heterocycles. The Morgan fingerprint density at radius 1 is 0.960 bits per heavy atom. The van der Waals surface area contributed by atoms with Gasteiger partial charge < -0.3 is 25.6 Å². The van der Waals surface area contributed by atoms with Crippen molar-refractivity contribution >= 4 is 12.1 Å². The Bertz CT molecular complexity index is 374. The van der Waals surface area contributed by atoms with Crippen molar-refractivity contribution < 1.29 is 9.53 Å². The number of carbonyl (C=O) groups is 1. The van der Waals surface area contributed by atoms with Crippen LogP contribution in [0.5, 0.6) is 0 Å². The van der Waals surface area contributed by atoms with Crippen LogP contribution in [0.25, 0.3) is 0 Å². The van der Waals surface area contributed by atoms with Crippen LogP contribution in [0.4, 0.5) is 4.79 Å². The largest absolute Gasteiger partial charge is 0.444 e. The highest BCUT2D eigenvalue weighted by molar-refractivity contribution is 5.79. The van der Waals surface area contributed by atoms with Gasteiger partial charge in [0.1, 0.15) is 5.60 Å². The number of nitrogens with zero attached hydrogens (tertiary/aromatic N) is 2. The average molecular weight is 358 g/mol. The molecule has 0 bridgehead atoms. The first-order valence-electron chi connectivity index (χ1n) is 9.46. The fraction of sp³-hybridized carbons (Fsp3) is 0.889. The molecule has 0 fully saturated rings. The standard InChI is InChI=1S/C18H39N5O2/c1-7-13-23(14-8-2)15-9-10-20-16(19-6)21-11-12-22-17(24)25-18(3,4)5/h7-15H2,1-6H3,(H,22,24)(H2,19,20,21). The number of alkyl carbamates (subject to hydrolysis) is 1. The van der Waals surface area contributed by atoms with Gasteiger partial charge in [0.05, 0.1) is 0 Å². The predicted molar refractivity (Wildman–Crippen MR) is 105 cm³/mol. The summed E-state index contributed by atoms with van der Waals surface area (Å²) in [6.45, 7) is 15.4. The molecule has 0 saturated carbocycles. The Hall–Kier alpha value is -1.50. The van der Waals surface area contributed by atoms with Crippen molar-refractivity contribution in [2.24, 2.45) is 4.99 Å². The molecule has 0 aromatic heterocycles. The highest BCUT2D eigenvalue weighted by atomic mass is 16.6. The van der Waals surface area contributed by atoms with E-state index in [9.17, 15) is 4.79 Å². The second-order valence-electron chi connectivity index (χ2n) is 7.05. The molecule has 25 heavy (non-hydrogen) atoms. The summed E-state index contributed by atoms with van der Waals surface area (Å²) in [7, 11) is 1.75. The van der Waals surface area contributed by atoms with Crippen molar-refractivity contribution in [2.75, 3.05) is 46.3 Å². The van der Waals surface area contributed by atoms with E-state index in [1.165, 1.54) is 12.8 Å². The molecule has 7 nitrogen and oxygen atoms in total. The maximum atomic E-state index is 11.5. The molecule has 0 atom stereocenters. The zero-order chi connectivity index (χ0) is 19.1. The van der Waals surface area contributed by atoms with Crippen molar-refractivity contribution in [3.63, 3.8) is 0 Å². The number of guanidine groups is 1. The highest BCUT2D eigenvalue weighted by Crippen LogP contribution is 2.05. The quantitative estimate of drug-likeness (QED) is 0.300. The van der Waals surface area contributed by atoms with E-state index in [0.29, 0.717) is 13.1 Å². The Kier molecular flexibility index (Phi) is 12.9. The number of nitrogens with one attached hydrogen (secondary N) is 3. The van der Waals surface area contributed by atoms with Gasteiger partial charge in [-0.25, -0.2) is 4.79 Å². The molecule has 0 rings (SSSR count). The fourth-order valence-electron chi connectivity index (χ4n) is 2.36. The van der Waals surface area contributed by atoms with Gasteiger partial charge in [-0.1, -0.05) is 13.8 Å². The Morgan fingerprint density at radius 3 is 2.04 bits per heavy atom. The van der Waals surface area contributed by atoms with Crippen molar-refractivity contribution in [3.05, 3.63) is 0 Å². The van der Waals surface area contributed by atoms with Crippen LogP contribution in [0.15, 0.2) is 4.99 Å². The summed E-state index contributed by atoms with van der Waals surface area (Å²) in [5.74, 6) is 0.753. The number of amides is 1. The summed E-state index contributed by atoms with van der Waals surface area (Å²) < 4.78 is 5.18. The summed E-state index contributed by atoms with van der Waals surface area (Å²) in [4.78, 5) is 18.2. The Labute approximate surface area is 154 Å². The monoisotopic (exact) mass is 357 g/mol. The molecule has 148 valence electrons. The van der Waals surface area contributed by atoms with Gasteiger partial charge in [0, 0.05) is 26.7 Å². The van der Waals surface area contributed by atoms with Crippen LogP contribution in [0, 0.1) is 0 Å². The number of ether oxygens (including phenoxy) is 1. The maximum Gasteiger partial charge on any atom is 0.407 e. The van der Waals surface area contributed by atoms with E-state index in [1.54, 1.807) is 7.05 Å². The van der Waals surface area contributed by atoms with E-state index < -0.39 is 11.7 Å². The first-order chi connectivity index (χ1) is 11.8. The molecule has 1 amide bonds. The van der Waals surface area contributed by atoms with Crippen molar-refractivity contribution in [1.82, 2.24) is 20.9 Å². The summed E-state index contributed by atoms with van der Waals surface area (Å²) in [5.41, 5.74) is -0.474. The first kappa shape index (κ1) is 23.5. The lowest BCUT2D eigenvalue weighted by Crippen LogP contribution is -2.43. The van der Waals surface area contributed by atoms with Crippen molar-refractivity contribution in [1.29, 1.82) is 0 Å². The van der Waals surface area contributed by atoms with Crippen LogP contribution in [0.3, 0.4) is 0 Å². The van der Waals surface area contributed by atoms with E-state index in [4.69, 9.17) is 4.74 Å². The van der Waals surface area contributed by atoms with Crippen LogP contribution in [-0.4, -0.2) is 68.9 Å². The van der Waals surface area contributed by atoms with E-state index in [2.05, 4.69) is 39.7 Å². The van der Waals surface area contributed by atoms with Crippen LogP contribution in [-0.2, 0) is 4.74 Å². The van der Waals surface area contributed by atoms with E-state index in [0.717, 1.165) is 38.6 Å². The number of carbonyl (C=O) groups excluding carboxylic acids is 1. The molecule has 3 N–H and O–H groups in total. The molecule has 0 radical (unpaired) electrons. The number of aliphatic imine (C=N–C) groups is 1. The SMILES string of the molecule is CCCN(CCC)CCCNC(=NC)NCCNC(=O)OC(C)(C)C. The van der Waals surface area contributed by atoms with E-state index >= 15 is 0 Å². The van der Waals surface area contributed by atoms with Gasteiger partial charge in [0.2, 0.25) is 0 Å². The maximum absolute atomic E-state index is 11.5. The van der Waals surface area contributed by atoms with Crippen LogP contribution in [0.2, 0.25) is 0 Å². The minimum atomic E-state index is -0.474. The molecule has 0 aliphatic carbocycles. The van der Waals surface area contributed by atoms with Gasteiger partial charge in [0.25, 0.3) is 0 Å². The van der Waals surface area contributed by atoms with E-state index in [1.807, 2.05) is 20.8 Å². The zero-order valence-corrected chi connectivity index (χ0v) is 17.1. The van der Waals surface area contributed by atoms with Crippen LogP contribution >= 0.6 is 0 Å². The van der Waals surface area contributed by atoms with Gasteiger partial charge in [-0.05, 0) is 59.7 Å². The molecule has 0 aliphatic heterocycles. The minimum absolute atomic E-state index is 0.399. The smallest absolute Gasteiger partial charge is 0.407 e. The Balaban J connectivity index is 3.84. The molecule has 0 aromatic carbocycles. The molecule has 0 saturated heterocycles. The van der Waals surface area contributed by atoms with Gasteiger partial charge in [-0.15, -0.1) is 0 Å². The third-order valence-electron chi connectivity index (χ3n) is 3.33. The normalized spacial score (nSPS) is 12.2. The number of hydrogen-bond donors (Lipinski definition) is 3. The fourth-order valence-corrected chi connectivity index (χ4v) is 2.36. The van der Waals surface area contributed by atoms with Gasteiger partial charge in [-0.3, -0.25) is 4.99 Å². The lowest BCUT2D eigenvalue weighted by atomic mass is 10.2. The predicted octanol–water partition coefficient (Wildman–Crippen LogP) is 2.19. The van der Waals surface area contributed by atoms with Gasteiger partial charge >= 0.3 is 6.09 Å². The third-order valence-corrected chi connectivity index (χ3v) is 3.33. The third kappa shape index (κ3) is 14.5. The second kappa shape index (κ2) is 13.8. The molecule has 0 aliphatic rings. The molecular formula is C18H39N5O2. The summed E-state index contributed by atoms with van der Waals surface area (Å²) in [6, 6.07) is 0. The topological polar surface area (TPSA) is 78.0 Å². The summed E-state index contributed by atoms with van der Waals surface area (Å²) >= 11 is 0. The highest BCUT2D eigenvalue weighted by Gasteiger charge is 2.15. The molecular weight excluding hydrogens is 318 g/mol. The molecule has 0 aromatic rings. The molecule has 0 unspecified atom stereocenters. The Morgan fingerprint density at radius 2 is 1.52 bits per heavy atom. The van der Waals surface area contributed by atoms with Gasteiger partial charge in [-0.2, -0.15) is 0 Å². The van der Waals surface area contributed by atoms with Crippen molar-refractivity contribution in [2.45, 2.75) is 59.5 Å². The lowest BCUT2D eigenvalue weighted by Gasteiger charge is -2.21. The molecule has 0 spiro atoms. The zero-order valence-electron chi connectivity index (χ0n) is 17.1. The van der Waals surface area contributed by atoms with Gasteiger partial charge in [0.15, 0.2) is 5.96 Å². The molecule has 7 heteroatoms. The number of hydrogen-bond acceptors (Lipinski definition) is 4. The summed E-state index contributed by atoms with van der Waals surface area (Å²) in [5, 5.41) is 9.20. The minimum Gasteiger partial charge on any atom is -0.444 e. The van der Waals surface area contributed by atoms with E-state index in [-0.39, 0.29) is 0 Å². The van der Waals surface area contributed by atoms with Crippen LogP contribution in [0.1, 0.15) is 53.9 Å². The second-order valence-corrected chi connectivity index (χ2v) is 7.05. The van der Waals surface area contributed by atoms with Crippen LogP contribution < -0.4 is 16.0 Å². The lowest BCUT2D eigenvalue weighted by molar-refractivity contribution is 0.0529. The first-order valence-corrected chi connectivity index (χ1v) is 9.46. The number of rotatable bonds is 11. The average Bonchev–Trinajstić information content (AvgIpc) is 2.52. The van der Waals surface area contributed by atoms with Crippen molar-refractivity contribution in [3.8, 4) is 0 Å².